The van der Waals surface area contributed by atoms with Crippen molar-refractivity contribution in [2.75, 3.05) is 31.9 Å². The van der Waals surface area contributed by atoms with Gasteiger partial charge in [-0.2, -0.15) is 5.10 Å². The monoisotopic (exact) mass is 469 g/mol. The van der Waals surface area contributed by atoms with Crippen molar-refractivity contribution in [3.63, 3.8) is 0 Å². The van der Waals surface area contributed by atoms with Crippen molar-refractivity contribution < 1.29 is 8.42 Å². The molecule has 9 heteroatoms. The fraction of sp³-hybridized carbons (Fsp3) is 0.733. The first-order chi connectivity index (χ1) is 10.7. The van der Waals surface area contributed by atoms with E-state index in [0.717, 1.165) is 24.5 Å². The summed E-state index contributed by atoms with van der Waals surface area (Å²) in [5, 5.41) is 7.42. The largest absolute Gasteiger partial charge is 0.357 e. The van der Waals surface area contributed by atoms with Gasteiger partial charge in [0.15, 0.2) is 15.8 Å². The molecular formula is C15H28IN5O2S. The first kappa shape index (κ1) is 21.2. The Morgan fingerprint density at radius 1 is 1.46 bits per heavy atom. The van der Waals surface area contributed by atoms with E-state index in [-0.39, 0.29) is 29.7 Å². The fourth-order valence-corrected chi connectivity index (χ4v) is 4.01. The SMILES string of the molecule is CCNC(=NCCc1cnn(C)c1)N1CCS(=O)(=O)C(C)(C)C1.I. The second kappa shape index (κ2) is 8.50. The zero-order valence-corrected chi connectivity index (χ0v) is 18.0. The van der Waals surface area contributed by atoms with Gasteiger partial charge in [0.25, 0.3) is 0 Å². The third kappa shape index (κ3) is 5.08. The molecule has 1 aromatic rings. The van der Waals surface area contributed by atoms with E-state index in [1.165, 1.54) is 0 Å². The van der Waals surface area contributed by atoms with E-state index < -0.39 is 14.6 Å². The van der Waals surface area contributed by atoms with E-state index in [1.54, 1.807) is 18.5 Å². The predicted molar refractivity (Wildman–Crippen MR) is 108 cm³/mol. The van der Waals surface area contributed by atoms with E-state index in [2.05, 4.69) is 15.4 Å². The van der Waals surface area contributed by atoms with Gasteiger partial charge in [-0.25, -0.2) is 8.42 Å². The molecule has 0 radical (unpaired) electrons. The van der Waals surface area contributed by atoms with Gasteiger partial charge < -0.3 is 10.2 Å². The third-order valence-corrected chi connectivity index (χ3v) is 6.63. The van der Waals surface area contributed by atoms with Crippen LogP contribution in [0.15, 0.2) is 17.4 Å². The first-order valence-electron chi connectivity index (χ1n) is 7.98. The molecule has 138 valence electrons. The maximum Gasteiger partial charge on any atom is 0.194 e. The Labute approximate surface area is 161 Å². The molecule has 7 nitrogen and oxygen atoms in total. The van der Waals surface area contributed by atoms with E-state index in [9.17, 15) is 8.42 Å². The first-order valence-corrected chi connectivity index (χ1v) is 9.63. The molecule has 0 saturated carbocycles. The standard InChI is InChI=1S/C15H27N5O2S.HI/c1-5-16-14(17-7-6-13-10-18-19(4)11-13)20-8-9-23(21,22)15(2,3)12-20;/h10-11H,5-9,12H2,1-4H3,(H,16,17);1H. The number of nitrogens with one attached hydrogen (secondary N) is 1. The van der Waals surface area contributed by atoms with Crippen LogP contribution >= 0.6 is 24.0 Å². The second-order valence-electron chi connectivity index (χ2n) is 6.51. The number of sulfone groups is 1. The lowest BCUT2D eigenvalue weighted by Crippen LogP contribution is -2.57. The zero-order valence-electron chi connectivity index (χ0n) is 14.8. The van der Waals surface area contributed by atoms with Gasteiger partial charge >= 0.3 is 0 Å². The minimum atomic E-state index is -3.04. The van der Waals surface area contributed by atoms with Crippen molar-refractivity contribution >= 4 is 39.8 Å². The lowest BCUT2D eigenvalue weighted by atomic mass is 10.2. The quantitative estimate of drug-likeness (QED) is 0.405. The Kier molecular flexibility index (Phi) is 7.51. The number of nitrogens with zero attached hydrogens (tertiary/aromatic N) is 4. The summed E-state index contributed by atoms with van der Waals surface area (Å²) in [6.07, 6.45) is 4.65. The maximum absolute atomic E-state index is 12.1. The molecule has 24 heavy (non-hydrogen) atoms. The summed E-state index contributed by atoms with van der Waals surface area (Å²) in [5.74, 6) is 0.965. The minimum absolute atomic E-state index is 0. The predicted octanol–water partition coefficient (Wildman–Crippen LogP) is 1.06. The lowest BCUT2D eigenvalue weighted by Gasteiger charge is -2.39. The number of halogens is 1. The summed E-state index contributed by atoms with van der Waals surface area (Å²) in [4.78, 5) is 6.70. The van der Waals surface area contributed by atoms with Crippen LogP contribution in [-0.4, -0.2) is 65.7 Å². The second-order valence-corrected chi connectivity index (χ2v) is 9.25. The van der Waals surface area contributed by atoms with Crippen molar-refractivity contribution in [3.8, 4) is 0 Å². The number of aliphatic imine (C=N–C) groups is 1. The van der Waals surface area contributed by atoms with Gasteiger partial charge in [0.2, 0.25) is 0 Å². The van der Waals surface area contributed by atoms with E-state index >= 15 is 0 Å². The highest BCUT2D eigenvalue weighted by atomic mass is 127. The molecule has 1 N–H and O–H groups in total. The van der Waals surface area contributed by atoms with Crippen molar-refractivity contribution in [3.05, 3.63) is 18.0 Å². The minimum Gasteiger partial charge on any atom is -0.357 e. The molecule has 0 atom stereocenters. The van der Waals surface area contributed by atoms with Crippen molar-refractivity contribution in [1.82, 2.24) is 20.0 Å². The number of hydrogen-bond donors (Lipinski definition) is 1. The highest BCUT2D eigenvalue weighted by molar-refractivity contribution is 14.0. The van der Waals surface area contributed by atoms with Gasteiger partial charge in [0.05, 0.1) is 16.7 Å². The van der Waals surface area contributed by atoms with Crippen LogP contribution < -0.4 is 5.32 Å². The molecule has 1 aliphatic rings. The zero-order chi connectivity index (χ0) is 17.1. The molecule has 0 spiro atoms. The summed E-state index contributed by atoms with van der Waals surface area (Å²) in [5.41, 5.74) is 1.15. The van der Waals surface area contributed by atoms with E-state index in [1.807, 2.05) is 31.3 Å². The Morgan fingerprint density at radius 2 is 2.17 bits per heavy atom. The topological polar surface area (TPSA) is 79.6 Å². The molecule has 1 fully saturated rings. The molecule has 0 aromatic carbocycles. The van der Waals surface area contributed by atoms with Crippen LogP contribution in [0.2, 0.25) is 0 Å². The van der Waals surface area contributed by atoms with Crippen LogP contribution in [0.5, 0.6) is 0 Å². The summed E-state index contributed by atoms with van der Waals surface area (Å²) < 4.78 is 25.3. The van der Waals surface area contributed by atoms with Crippen LogP contribution in [0.25, 0.3) is 0 Å². The number of rotatable bonds is 4. The van der Waals surface area contributed by atoms with E-state index in [4.69, 9.17) is 0 Å². The Morgan fingerprint density at radius 3 is 2.71 bits per heavy atom. The van der Waals surface area contributed by atoms with Crippen LogP contribution in [0.3, 0.4) is 0 Å². The maximum atomic E-state index is 12.1. The van der Waals surface area contributed by atoms with Gasteiger partial charge in [0, 0.05) is 39.4 Å². The van der Waals surface area contributed by atoms with Crippen LogP contribution in [0.1, 0.15) is 26.3 Å². The van der Waals surface area contributed by atoms with E-state index in [0.29, 0.717) is 19.6 Å². The van der Waals surface area contributed by atoms with Gasteiger partial charge in [0.1, 0.15) is 0 Å². The molecule has 2 heterocycles. The molecule has 2 rings (SSSR count). The Hall–Kier alpha value is -0.840. The molecular weight excluding hydrogens is 441 g/mol. The number of hydrogen-bond acceptors (Lipinski definition) is 4. The molecule has 0 aliphatic carbocycles. The summed E-state index contributed by atoms with van der Waals surface area (Å²) in [6.45, 7) is 7.95. The smallest absolute Gasteiger partial charge is 0.194 e. The number of aromatic nitrogens is 2. The molecule has 1 aliphatic heterocycles. The third-order valence-electron chi connectivity index (χ3n) is 4.10. The Bertz CT molecular complexity index is 669. The van der Waals surface area contributed by atoms with Crippen LogP contribution in [0, 0.1) is 0 Å². The molecule has 0 unspecified atom stereocenters. The van der Waals surface area contributed by atoms with Gasteiger partial charge in [-0.3, -0.25) is 9.67 Å². The highest BCUT2D eigenvalue weighted by Crippen LogP contribution is 2.23. The van der Waals surface area contributed by atoms with Gasteiger partial charge in [-0.1, -0.05) is 0 Å². The Balaban J connectivity index is 0.00000288. The summed E-state index contributed by atoms with van der Waals surface area (Å²) >= 11 is 0. The van der Waals surface area contributed by atoms with Crippen molar-refractivity contribution in [2.45, 2.75) is 31.9 Å². The molecule has 1 saturated heterocycles. The molecule has 0 amide bonds. The number of guanidine groups is 1. The lowest BCUT2D eigenvalue weighted by molar-refractivity contribution is 0.353. The average Bonchev–Trinajstić information content (AvgIpc) is 2.87. The molecule has 1 aromatic heterocycles. The summed E-state index contributed by atoms with van der Waals surface area (Å²) in [7, 11) is -1.14. The average molecular weight is 469 g/mol. The van der Waals surface area contributed by atoms with Crippen molar-refractivity contribution in [2.24, 2.45) is 12.0 Å². The highest BCUT2D eigenvalue weighted by Gasteiger charge is 2.40. The van der Waals surface area contributed by atoms with Crippen LogP contribution in [0.4, 0.5) is 0 Å². The number of aryl methyl sites for hydroxylation is 1. The van der Waals surface area contributed by atoms with Gasteiger partial charge in [-0.15, -0.1) is 24.0 Å². The van der Waals surface area contributed by atoms with Crippen LogP contribution in [-0.2, 0) is 23.3 Å². The van der Waals surface area contributed by atoms with Gasteiger partial charge in [-0.05, 0) is 32.8 Å². The molecule has 0 bridgehead atoms. The fourth-order valence-electron chi connectivity index (χ4n) is 2.64. The normalized spacial score (nSPS) is 19.7. The summed E-state index contributed by atoms with van der Waals surface area (Å²) in [6, 6.07) is 0. The van der Waals surface area contributed by atoms with Crippen molar-refractivity contribution in [1.29, 1.82) is 0 Å².